The van der Waals surface area contributed by atoms with Crippen molar-refractivity contribution in [2.75, 3.05) is 23.1 Å². The van der Waals surface area contributed by atoms with Crippen molar-refractivity contribution >= 4 is 60.5 Å². The fourth-order valence-electron chi connectivity index (χ4n) is 3.27. The fraction of sp³-hybridized carbons (Fsp3) is 0.174. The van der Waals surface area contributed by atoms with E-state index < -0.39 is 31.7 Å². The number of carbonyl (C=O) groups is 1. The van der Waals surface area contributed by atoms with Gasteiger partial charge in [0.05, 0.1) is 36.8 Å². The van der Waals surface area contributed by atoms with E-state index in [0.29, 0.717) is 0 Å². The van der Waals surface area contributed by atoms with Crippen LogP contribution >= 0.6 is 23.2 Å². The summed E-state index contributed by atoms with van der Waals surface area (Å²) in [5.74, 6) is -1.26. The Morgan fingerprint density at radius 3 is 2.14 bits per heavy atom. The predicted octanol–water partition coefficient (Wildman–Crippen LogP) is 4.78. The molecular formula is C23H23Cl2N3O6S2. The highest BCUT2D eigenvalue weighted by molar-refractivity contribution is 7.92. The average Bonchev–Trinajstić information content (AvgIpc) is 2.82. The fourth-order valence-corrected chi connectivity index (χ4v) is 6.30. The Labute approximate surface area is 219 Å². The SMILES string of the molecule is CCN(CC)S(=O)(=O)c1ccc(Cl)c(C(=O)Nc2cc(S(=O)(=O)Nc3ccccc3Cl)ccc2O)c1. The number of hydrogen-bond acceptors (Lipinski definition) is 6. The van der Waals surface area contributed by atoms with Gasteiger partial charge >= 0.3 is 0 Å². The van der Waals surface area contributed by atoms with Crippen LogP contribution in [-0.2, 0) is 20.0 Å². The van der Waals surface area contributed by atoms with Crippen molar-refractivity contribution in [3.05, 3.63) is 76.3 Å². The third-order valence-electron chi connectivity index (χ3n) is 5.17. The molecule has 1 amide bonds. The molecule has 0 bridgehead atoms. The maximum atomic E-state index is 13.0. The molecule has 3 N–H and O–H groups in total. The van der Waals surface area contributed by atoms with E-state index in [1.54, 1.807) is 26.0 Å². The summed E-state index contributed by atoms with van der Waals surface area (Å²) in [6.07, 6.45) is 0. The quantitative estimate of drug-likeness (QED) is 0.316. The molecule has 0 radical (unpaired) electrons. The topological polar surface area (TPSA) is 133 Å². The number of nitrogens with one attached hydrogen (secondary N) is 2. The molecule has 0 unspecified atom stereocenters. The molecule has 0 spiro atoms. The molecule has 3 rings (SSSR count). The van der Waals surface area contributed by atoms with Crippen molar-refractivity contribution in [1.82, 2.24) is 4.31 Å². The van der Waals surface area contributed by atoms with E-state index in [2.05, 4.69) is 10.0 Å². The summed E-state index contributed by atoms with van der Waals surface area (Å²) in [5.41, 5.74) is -0.252. The van der Waals surface area contributed by atoms with Gasteiger partial charge in [-0.1, -0.05) is 49.2 Å². The second-order valence-electron chi connectivity index (χ2n) is 7.45. The monoisotopic (exact) mass is 571 g/mol. The summed E-state index contributed by atoms with van der Waals surface area (Å²) in [5, 5.41) is 12.8. The zero-order chi connectivity index (χ0) is 26.7. The van der Waals surface area contributed by atoms with Crippen LogP contribution < -0.4 is 10.0 Å². The minimum atomic E-state index is -4.13. The molecule has 13 heteroatoms. The summed E-state index contributed by atoms with van der Waals surface area (Å²) >= 11 is 12.2. The average molecular weight is 572 g/mol. The lowest BCUT2D eigenvalue weighted by Gasteiger charge is -2.19. The first-order chi connectivity index (χ1) is 16.9. The van der Waals surface area contributed by atoms with Crippen LogP contribution in [0, 0.1) is 0 Å². The maximum absolute atomic E-state index is 13.0. The van der Waals surface area contributed by atoms with E-state index in [1.807, 2.05) is 0 Å². The smallest absolute Gasteiger partial charge is 0.262 e. The number of phenols is 1. The second-order valence-corrected chi connectivity index (χ2v) is 11.9. The van der Waals surface area contributed by atoms with E-state index in [1.165, 1.54) is 28.6 Å². The molecule has 0 atom stereocenters. The largest absolute Gasteiger partial charge is 0.506 e. The van der Waals surface area contributed by atoms with Crippen molar-refractivity contribution in [3.8, 4) is 5.75 Å². The van der Waals surface area contributed by atoms with Crippen LogP contribution in [0.4, 0.5) is 11.4 Å². The van der Waals surface area contributed by atoms with Crippen LogP contribution in [0.3, 0.4) is 0 Å². The molecule has 3 aromatic rings. The van der Waals surface area contributed by atoms with Gasteiger partial charge in [-0.3, -0.25) is 9.52 Å². The first-order valence-electron chi connectivity index (χ1n) is 10.6. The molecule has 0 aliphatic rings. The van der Waals surface area contributed by atoms with Crippen LogP contribution in [0.2, 0.25) is 10.0 Å². The molecule has 0 fully saturated rings. The van der Waals surface area contributed by atoms with Crippen molar-refractivity contribution in [3.63, 3.8) is 0 Å². The molecule has 0 heterocycles. The van der Waals surface area contributed by atoms with E-state index >= 15 is 0 Å². The lowest BCUT2D eigenvalue weighted by molar-refractivity contribution is 0.102. The molecule has 3 aromatic carbocycles. The van der Waals surface area contributed by atoms with Crippen molar-refractivity contribution in [1.29, 1.82) is 0 Å². The number of phenolic OH excluding ortho intramolecular Hbond substituents is 1. The number of sulfonamides is 2. The Bertz CT molecular complexity index is 1510. The number of halogens is 2. The Balaban J connectivity index is 1.93. The van der Waals surface area contributed by atoms with E-state index in [0.717, 1.165) is 24.3 Å². The third kappa shape index (κ3) is 5.93. The van der Waals surface area contributed by atoms with Gasteiger partial charge in [-0.15, -0.1) is 0 Å². The van der Waals surface area contributed by atoms with Gasteiger partial charge in [0.1, 0.15) is 5.75 Å². The van der Waals surface area contributed by atoms with Crippen LogP contribution in [0.1, 0.15) is 24.2 Å². The molecule has 0 aliphatic heterocycles. The van der Waals surface area contributed by atoms with Crippen LogP contribution in [-0.4, -0.2) is 45.2 Å². The summed E-state index contributed by atoms with van der Waals surface area (Å²) in [7, 11) is -8.00. The van der Waals surface area contributed by atoms with Crippen LogP contribution in [0.25, 0.3) is 0 Å². The number of carbonyl (C=O) groups excluding carboxylic acids is 1. The Hall–Kier alpha value is -2.83. The van der Waals surface area contributed by atoms with E-state index in [9.17, 15) is 26.7 Å². The van der Waals surface area contributed by atoms with Crippen molar-refractivity contribution in [2.24, 2.45) is 0 Å². The number of aromatic hydroxyl groups is 1. The Morgan fingerprint density at radius 1 is 0.861 bits per heavy atom. The minimum absolute atomic E-state index is 0.0327. The first-order valence-corrected chi connectivity index (χ1v) is 14.3. The maximum Gasteiger partial charge on any atom is 0.262 e. The highest BCUT2D eigenvalue weighted by Crippen LogP contribution is 2.31. The molecule has 0 aliphatic carbocycles. The number of para-hydroxylation sites is 1. The van der Waals surface area contributed by atoms with Crippen LogP contribution in [0.5, 0.6) is 5.75 Å². The Morgan fingerprint density at radius 2 is 1.50 bits per heavy atom. The molecule has 0 aromatic heterocycles. The van der Waals surface area contributed by atoms with Gasteiger partial charge in [0.25, 0.3) is 15.9 Å². The normalized spacial score (nSPS) is 11.9. The molecule has 9 nitrogen and oxygen atoms in total. The summed E-state index contributed by atoms with van der Waals surface area (Å²) in [6.45, 7) is 3.85. The molecule has 36 heavy (non-hydrogen) atoms. The Kier molecular flexibility index (Phi) is 8.52. The van der Waals surface area contributed by atoms with E-state index in [-0.39, 0.29) is 49.9 Å². The summed E-state index contributed by atoms with van der Waals surface area (Å²) in [6, 6.07) is 13.2. The van der Waals surface area contributed by atoms with Gasteiger partial charge in [0, 0.05) is 13.1 Å². The van der Waals surface area contributed by atoms with Crippen molar-refractivity contribution < 1.29 is 26.7 Å². The third-order valence-corrected chi connectivity index (χ3v) is 9.24. The first kappa shape index (κ1) is 27.8. The van der Waals surface area contributed by atoms with Crippen molar-refractivity contribution in [2.45, 2.75) is 23.6 Å². The zero-order valence-electron chi connectivity index (χ0n) is 19.2. The lowest BCUT2D eigenvalue weighted by Crippen LogP contribution is -2.30. The summed E-state index contributed by atoms with van der Waals surface area (Å²) < 4.78 is 55.0. The van der Waals surface area contributed by atoms with Gasteiger partial charge in [0.2, 0.25) is 10.0 Å². The molecule has 192 valence electrons. The predicted molar refractivity (Wildman–Crippen MR) is 140 cm³/mol. The standard InChI is InChI=1S/C23H23Cl2N3O6S2/c1-3-28(4-2)36(33,34)16-9-11-18(24)17(13-16)23(30)26-21-14-15(10-12-22(21)29)35(31,32)27-20-8-6-5-7-19(20)25/h5-14,27,29H,3-4H2,1-2H3,(H,26,30). The highest BCUT2D eigenvalue weighted by atomic mass is 35.5. The highest BCUT2D eigenvalue weighted by Gasteiger charge is 2.25. The molecule has 0 saturated heterocycles. The number of anilines is 2. The number of hydrogen-bond donors (Lipinski definition) is 3. The number of rotatable bonds is 9. The molecular weight excluding hydrogens is 549 g/mol. The number of benzene rings is 3. The lowest BCUT2D eigenvalue weighted by atomic mass is 10.2. The van der Waals surface area contributed by atoms with Gasteiger partial charge in [-0.25, -0.2) is 16.8 Å². The summed E-state index contributed by atoms with van der Waals surface area (Å²) in [4.78, 5) is 12.6. The van der Waals surface area contributed by atoms with Gasteiger partial charge in [0.15, 0.2) is 0 Å². The minimum Gasteiger partial charge on any atom is -0.506 e. The number of amides is 1. The second kappa shape index (κ2) is 11.1. The van der Waals surface area contributed by atoms with Gasteiger partial charge in [-0.2, -0.15) is 4.31 Å². The van der Waals surface area contributed by atoms with Crippen LogP contribution in [0.15, 0.2) is 70.5 Å². The molecule has 0 saturated carbocycles. The van der Waals surface area contributed by atoms with Gasteiger partial charge < -0.3 is 10.4 Å². The van der Waals surface area contributed by atoms with Gasteiger partial charge in [-0.05, 0) is 48.5 Å². The van der Waals surface area contributed by atoms with E-state index in [4.69, 9.17) is 23.2 Å². The zero-order valence-corrected chi connectivity index (χ0v) is 22.3. The number of nitrogens with zero attached hydrogens (tertiary/aromatic N) is 1.